The highest BCUT2D eigenvalue weighted by molar-refractivity contribution is 5.32. The summed E-state index contributed by atoms with van der Waals surface area (Å²) in [7, 11) is 5.61. The van der Waals surface area contributed by atoms with Crippen LogP contribution in [0.2, 0.25) is 0 Å². The first-order valence-electron chi connectivity index (χ1n) is 7.28. The van der Waals surface area contributed by atoms with Crippen molar-refractivity contribution >= 4 is 0 Å². The van der Waals surface area contributed by atoms with E-state index in [0.717, 1.165) is 38.5 Å². The molecule has 0 aliphatic heterocycles. The molecule has 0 bridgehead atoms. The van der Waals surface area contributed by atoms with Crippen molar-refractivity contribution in [2.45, 2.75) is 19.4 Å². The smallest absolute Gasteiger partial charge is 0.123 e. The third kappa shape index (κ3) is 6.89. The van der Waals surface area contributed by atoms with Gasteiger partial charge in [-0.3, -0.25) is 0 Å². The molecule has 0 fully saturated rings. The standard InChI is InChI=1S/C16H28N2O2/c1-18(12-7-6-10-17-11-13-19-2)14-15-8-4-5-9-16(15)20-3/h4-5,8-9,17H,6-7,10-14H2,1-3H3. The first-order chi connectivity index (χ1) is 9.77. The van der Waals surface area contributed by atoms with Gasteiger partial charge in [0, 0.05) is 25.8 Å². The van der Waals surface area contributed by atoms with Gasteiger partial charge in [-0.1, -0.05) is 18.2 Å². The average molecular weight is 280 g/mol. The Bertz CT molecular complexity index is 358. The molecule has 1 aromatic carbocycles. The lowest BCUT2D eigenvalue weighted by atomic mass is 10.2. The van der Waals surface area contributed by atoms with E-state index in [4.69, 9.17) is 9.47 Å². The molecule has 0 unspecified atom stereocenters. The molecule has 20 heavy (non-hydrogen) atoms. The highest BCUT2D eigenvalue weighted by Crippen LogP contribution is 2.18. The van der Waals surface area contributed by atoms with E-state index in [-0.39, 0.29) is 0 Å². The zero-order valence-electron chi connectivity index (χ0n) is 13.0. The summed E-state index contributed by atoms with van der Waals surface area (Å²) in [6.07, 6.45) is 2.39. The van der Waals surface area contributed by atoms with Gasteiger partial charge in [0.25, 0.3) is 0 Å². The number of hydrogen-bond acceptors (Lipinski definition) is 4. The molecule has 4 nitrogen and oxygen atoms in total. The Kier molecular flexibility index (Phi) is 9.04. The van der Waals surface area contributed by atoms with Gasteiger partial charge in [-0.15, -0.1) is 0 Å². The average Bonchev–Trinajstić information content (AvgIpc) is 2.47. The van der Waals surface area contributed by atoms with Gasteiger partial charge >= 0.3 is 0 Å². The fourth-order valence-electron chi connectivity index (χ4n) is 2.13. The first-order valence-corrected chi connectivity index (χ1v) is 7.28. The molecule has 0 heterocycles. The maximum atomic E-state index is 5.38. The van der Waals surface area contributed by atoms with Gasteiger partial charge in [0.2, 0.25) is 0 Å². The molecule has 0 saturated heterocycles. The Morgan fingerprint density at radius 1 is 1.10 bits per heavy atom. The molecule has 0 atom stereocenters. The predicted molar refractivity (Wildman–Crippen MR) is 83.3 cm³/mol. The number of nitrogens with zero attached hydrogens (tertiary/aromatic N) is 1. The number of unbranched alkanes of at least 4 members (excludes halogenated alkanes) is 1. The lowest BCUT2D eigenvalue weighted by Crippen LogP contribution is -2.23. The molecule has 1 rings (SSSR count). The predicted octanol–water partition coefficient (Wildman–Crippen LogP) is 2.14. The Morgan fingerprint density at radius 3 is 2.65 bits per heavy atom. The molecule has 1 N–H and O–H groups in total. The lowest BCUT2D eigenvalue weighted by molar-refractivity contribution is 0.199. The molecular weight excluding hydrogens is 252 g/mol. The monoisotopic (exact) mass is 280 g/mol. The van der Waals surface area contributed by atoms with E-state index in [2.05, 4.69) is 29.4 Å². The molecule has 0 saturated carbocycles. The normalized spacial score (nSPS) is 11.0. The second kappa shape index (κ2) is 10.7. The molecule has 114 valence electrons. The van der Waals surface area contributed by atoms with Crippen molar-refractivity contribution in [2.75, 3.05) is 47.5 Å². The highest BCUT2D eigenvalue weighted by Gasteiger charge is 2.05. The molecule has 0 amide bonds. The Balaban J connectivity index is 2.15. The van der Waals surface area contributed by atoms with Crippen LogP contribution in [0.1, 0.15) is 18.4 Å². The van der Waals surface area contributed by atoms with Crippen LogP contribution in [0, 0.1) is 0 Å². The van der Waals surface area contributed by atoms with Crippen LogP contribution in [-0.2, 0) is 11.3 Å². The van der Waals surface area contributed by atoms with E-state index in [1.165, 1.54) is 18.4 Å². The molecule has 0 aliphatic rings. The zero-order chi connectivity index (χ0) is 14.6. The molecule has 0 aliphatic carbocycles. The van der Waals surface area contributed by atoms with Gasteiger partial charge in [0.15, 0.2) is 0 Å². The van der Waals surface area contributed by atoms with Gasteiger partial charge in [-0.25, -0.2) is 0 Å². The summed E-state index contributed by atoms with van der Waals surface area (Å²) in [5.41, 5.74) is 1.25. The van der Waals surface area contributed by atoms with Crippen LogP contribution < -0.4 is 10.1 Å². The zero-order valence-corrected chi connectivity index (χ0v) is 13.0. The van der Waals surface area contributed by atoms with E-state index in [0.29, 0.717) is 0 Å². The lowest BCUT2D eigenvalue weighted by Gasteiger charge is -2.18. The van der Waals surface area contributed by atoms with Gasteiger partial charge in [-0.05, 0) is 39.0 Å². The number of para-hydroxylation sites is 1. The fraction of sp³-hybridized carbons (Fsp3) is 0.625. The molecule has 0 spiro atoms. The van der Waals surface area contributed by atoms with Crippen molar-refractivity contribution in [3.8, 4) is 5.75 Å². The van der Waals surface area contributed by atoms with Crippen molar-refractivity contribution in [1.29, 1.82) is 0 Å². The highest BCUT2D eigenvalue weighted by atomic mass is 16.5. The minimum atomic E-state index is 0.785. The summed E-state index contributed by atoms with van der Waals surface area (Å²) >= 11 is 0. The van der Waals surface area contributed by atoms with Gasteiger partial charge in [0.05, 0.1) is 13.7 Å². The molecule has 4 heteroatoms. The number of nitrogens with one attached hydrogen (secondary N) is 1. The van der Waals surface area contributed by atoms with Crippen LogP contribution in [0.5, 0.6) is 5.75 Å². The molecule has 0 radical (unpaired) electrons. The maximum Gasteiger partial charge on any atom is 0.123 e. The second-order valence-corrected chi connectivity index (χ2v) is 5.00. The number of methoxy groups -OCH3 is 2. The topological polar surface area (TPSA) is 33.7 Å². The summed E-state index contributed by atoms with van der Waals surface area (Å²) in [5, 5.41) is 3.36. The third-order valence-electron chi connectivity index (χ3n) is 3.26. The summed E-state index contributed by atoms with van der Waals surface area (Å²) < 4.78 is 10.4. The van der Waals surface area contributed by atoms with Gasteiger partial charge in [0.1, 0.15) is 5.75 Å². The molecular formula is C16H28N2O2. The van der Waals surface area contributed by atoms with E-state index in [9.17, 15) is 0 Å². The summed E-state index contributed by atoms with van der Waals surface area (Å²) in [4.78, 5) is 2.34. The first kappa shape index (κ1) is 17.0. The van der Waals surface area contributed by atoms with Crippen LogP contribution in [0.25, 0.3) is 0 Å². The van der Waals surface area contributed by atoms with Crippen molar-refractivity contribution in [2.24, 2.45) is 0 Å². The number of benzene rings is 1. The van der Waals surface area contributed by atoms with E-state index >= 15 is 0 Å². The minimum absolute atomic E-state index is 0.785. The second-order valence-electron chi connectivity index (χ2n) is 5.00. The Morgan fingerprint density at radius 2 is 1.90 bits per heavy atom. The van der Waals surface area contributed by atoms with E-state index in [1.54, 1.807) is 14.2 Å². The quantitative estimate of drug-likeness (QED) is 0.630. The van der Waals surface area contributed by atoms with Gasteiger partial charge in [-0.2, -0.15) is 0 Å². The van der Waals surface area contributed by atoms with Crippen molar-refractivity contribution in [3.63, 3.8) is 0 Å². The fourth-order valence-corrected chi connectivity index (χ4v) is 2.13. The Labute approximate surface area is 123 Å². The summed E-state index contributed by atoms with van der Waals surface area (Å²) in [5.74, 6) is 0.973. The third-order valence-corrected chi connectivity index (χ3v) is 3.26. The van der Waals surface area contributed by atoms with Crippen molar-refractivity contribution in [1.82, 2.24) is 10.2 Å². The summed E-state index contributed by atoms with van der Waals surface area (Å²) in [6.45, 7) is 4.82. The van der Waals surface area contributed by atoms with E-state index < -0.39 is 0 Å². The Hall–Kier alpha value is -1.10. The summed E-state index contributed by atoms with van der Waals surface area (Å²) in [6, 6.07) is 8.21. The van der Waals surface area contributed by atoms with Crippen LogP contribution in [-0.4, -0.2) is 52.4 Å². The van der Waals surface area contributed by atoms with Crippen LogP contribution in [0.3, 0.4) is 0 Å². The SMILES string of the molecule is COCCNCCCCN(C)Cc1ccccc1OC. The van der Waals surface area contributed by atoms with Crippen molar-refractivity contribution < 1.29 is 9.47 Å². The van der Waals surface area contributed by atoms with Gasteiger partial charge < -0.3 is 19.7 Å². The maximum absolute atomic E-state index is 5.38. The van der Waals surface area contributed by atoms with Crippen LogP contribution >= 0.6 is 0 Å². The molecule has 0 aromatic heterocycles. The van der Waals surface area contributed by atoms with Crippen LogP contribution in [0.4, 0.5) is 0 Å². The largest absolute Gasteiger partial charge is 0.496 e. The number of hydrogen-bond donors (Lipinski definition) is 1. The van der Waals surface area contributed by atoms with E-state index in [1.807, 2.05) is 12.1 Å². The van der Waals surface area contributed by atoms with Crippen molar-refractivity contribution in [3.05, 3.63) is 29.8 Å². The van der Waals surface area contributed by atoms with Crippen LogP contribution in [0.15, 0.2) is 24.3 Å². The molecule has 1 aromatic rings. The minimum Gasteiger partial charge on any atom is -0.496 e. The number of rotatable bonds is 11. The number of ether oxygens (including phenoxy) is 2.